The van der Waals surface area contributed by atoms with E-state index in [-0.39, 0.29) is 16.5 Å². The molecule has 2 nitrogen and oxygen atoms in total. The van der Waals surface area contributed by atoms with Crippen LogP contribution < -0.4 is 0 Å². The summed E-state index contributed by atoms with van der Waals surface area (Å²) in [4.78, 5) is 10.7. The highest BCUT2D eigenvalue weighted by molar-refractivity contribution is 8.14. The highest BCUT2D eigenvalue weighted by Gasteiger charge is 2.24. The molecule has 2 atom stereocenters. The van der Waals surface area contributed by atoms with E-state index in [1.165, 1.54) is 11.8 Å². The van der Waals surface area contributed by atoms with Gasteiger partial charge in [0.05, 0.1) is 6.10 Å². The standard InChI is InChI=1S/C8H14O2S/c1-6(9)11-8-5-3-2-4-7(8)10/h7-8,10H,2-5H2,1H3. The van der Waals surface area contributed by atoms with Crippen LogP contribution in [0, 0.1) is 0 Å². The van der Waals surface area contributed by atoms with Crippen LogP contribution in [-0.2, 0) is 4.79 Å². The fourth-order valence-electron chi connectivity index (χ4n) is 1.43. The van der Waals surface area contributed by atoms with Crippen LogP contribution in [0.2, 0.25) is 0 Å². The molecule has 1 aliphatic carbocycles. The van der Waals surface area contributed by atoms with E-state index in [0.29, 0.717) is 0 Å². The highest BCUT2D eigenvalue weighted by atomic mass is 32.2. The Morgan fingerprint density at radius 2 is 2.09 bits per heavy atom. The molecule has 0 saturated heterocycles. The molecule has 0 bridgehead atoms. The summed E-state index contributed by atoms with van der Waals surface area (Å²) in [6.45, 7) is 1.56. The molecule has 0 aliphatic heterocycles. The lowest BCUT2D eigenvalue weighted by Crippen LogP contribution is -2.27. The van der Waals surface area contributed by atoms with Crippen LogP contribution in [0.1, 0.15) is 32.6 Å². The van der Waals surface area contributed by atoms with Crippen LogP contribution in [0.15, 0.2) is 0 Å². The van der Waals surface area contributed by atoms with E-state index in [1.54, 1.807) is 6.92 Å². The summed E-state index contributed by atoms with van der Waals surface area (Å²) in [5.74, 6) is 0. The molecule has 1 fully saturated rings. The molecule has 3 heteroatoms. The summed E-state index contributed by atoms with van der Waals surface area (Å²) in [5.41, 5.74) is 0. The third-order valence-electron chi connectivity index (χ3n) is 1.99. The van der Waals surface area contributed by atoms with Crippen LogP contribution in [0.5, 0.6) is 0 Å². The van der Waals surface area contributed by atoms with Crippen LogP contribution in [0.25, 0.3) is 0 Å². The van der Waals surface area contributed by atoms with Gasteiger partial charge in [-0.25, -0.2) is 0 Å². The van der Waals surface area contributed by atoms with Crippen molar-refractivity contribution in [3.63, 3.8) is 0 Å². The summed E-state index contributed by atoms with van der Waals surface area (Å²) in [5, 5.41) is 9.73. The normalized spacial score (nSPS) is 31.8. The second-order valence-corrected chi connectivity index (χ2v) is 4.42. The Bertz CT molecular complexity index is 147. The number of rotatable bonds is 1. The Kier molecular flexibility index (Phi) is 3.40. The molecule has 64 valence electrons. The van der Waals surface area contributed by atoms with E-state index in [9.17, 15) is 9.90 Å². The predicted octanol–water partition coefficient (Wildman–Crippen LogP) is 1.57. The van der Waals surface area contributed by atoms with E-state index in [4.69, 9.17) is 0 Å². The van der Waals surface area contributed by atoms with Gasteiger partial charge in [-0.3, -0.25) is 4.79 Å². The maximum atomic E-state index is 10.7. The lowest BCUT2D eigenvalue weighted by molar-refractivity contribution is -0.109. The van der Waals surface area contributed by atoms with E-state index >= 15 is 0 Å². The zero-order chi connectivity index (χ0) is 8.27. The van der Waals surface area contributed by atoms with Gasteiger partial charge in [-0.05, 0) is 12.8 Å². The van der Waals surface area contributed by atoms with Crippen molar-refractivity contribution in [1.29, 1.82) is 0 Å². The number of hydrogen-bond donors (Lipinski definition) is 1. The number of aliphatic hydroxyl groups is 1. The molecule has 0 radical (unpaired) electrons. The Balaban J connectivity index is 2.35. The minimum Gasteiger partial charge on any atom is -0.392 e. The average molecular weight is 174 g/mol. The van der Waals surface area contributed by atoms with Crippen molar-refractivity contribution < 1.29 is 9.90 Å². The number of carbonyl (C=O) groups excluding carboxylic acids is 1. The summed E-state index contributed by atoms with van der Waals surface area (Å²) in [6, 6.07) is 0. The predicted molar refractivity (Wildman–Crippen MR) is 46.5 cm³/mol. The van der Waals surface area contributed by atoms with Crippen LogP contribution >= 0.6 is 11.8 Å². The van der Waals surface area contributed by atoms with Gasteiger partial charge in [-0.1, -0.05) is 24.6 Å². The first-order chi connectivity index (χ1) is 5.20. The Labute approximate surface area is 71.4 Å². The molecule has 2 unspecified atom stereocenters. The van der Waals surface area contributed by atoms with Crippen molar-refractivity contribution in [3.8, 4) is 0 Å². The van der Waals surface area contributed by atoms with Gasteiger partial charge in [0.15, 0.2) is 5.12 Å². The third-order valence-corrected chi connectivity index (χ3v) is 3.17. The molecule has 0 heterocycles. The monoisotopic (exact) mass is 174 g/mol. The third kappa shape index (κ3) is 2.83. The van der Waals surface area contributed by atoms with Gasteiger partial charge in [0.2, 0.25) is 0 Å². The maximum absolute atomic E-state index is 10.7. The molecule has 1 rings (SSSR count). The minimum atomic E-state index is -0.252. The molecule has 0 aromatic carbocycles. The number of hydrogen-bond acceptors (Lipinski definition) is 3. The molecule has 1 aliphatic rings. The van der Waals surface area contributed by atoms with Gasteiger partial charge in [0.25, 0.3) is 0 Å². The zero-order valence-corrected chi connectivity index (χ0v) is 7.56. The molecule has 11 heavy (non-hydrogen) atoms. The van der Waals surface area contributed by atoms with Gasteiger partial charge in [-0.2, -0.15) is 0 Å². The molecule has 1 N–H and O–H groups in total. The van der Waals surface area contributed by atoms with Crippen LogP contribution in [0.3, 0.4) is 0 Å². The summed E-state index contributed by atoms with van der Waals surface area (Å²) < 4.78 is 0. The number of carbonyl (C=O) groups is 1. The summed E-state index contributed by atoms with van der Waals surface area (Å²) >= 11 is 1.29. The van der Waals surface area contributed by atoms with Gasteiger partial charge < -0.3 is 5.11 Å². The zero-order valence-electron chi connectivity index (χ0n) is 6.75. The van der Waals surface area contributed by atoms with E-state index in [1.807, 2.05) is 0 Å². The molecule has 0 aromatic rings. The second-order valence-electron chi connectivity index (χ2n) is 3.00. The molecular weight excluding hydrogens is 160 g/mol. The first kappa shape index (κ1) is 9.07. The van der Waals surface area contributed by atoms with E-state index < -0.39 is 0 Å². The fourth-order valence-corrected chi connectivity index (χ4v) is 2.43. The first-order valence-corrected chi connectivity index (χ1v) is 4.93. The van der Waals surface area contributed by atoms with Crippen molar-refractivity contribution in [1.82, 2.24) is 0 Å². The second kappa shape index (κ2) is 4.12. The van der Waals surface area contributed by atoms with Gasteiger partial charge in [0.1, 0.15) is 0 Å². The lowest BCUT2D eigenvalue weighted by atomic mass is 9.97. The lowest BCUT2D eigenvalue weighted by Gasteiger charge is -2.25. The largest absolute Gasteiger partial charge is 0.392 e. The number of thioether (sulfide) groups is 1. The fraction of sp³-hybridized carbons (Fsp3) is 0.875. The first-order valence-electron chi connectivity index (χ1n) is 4.05. The van der Waals surface area contributed by atoms with Crippen molar-refractivity contribution >= 4 is 16.9 Å². The van der Waals surface area contributed by atoms with Crippen molar-refractivity contribution in [2.75, 3.05) is 0 Å². The smallest absolute Gasteiger partial charge is 0.186 e. The molecule has 0 amide bonds. The average Bonchev–Trinajstić information content (AvgIpc) is 1.93. The van der Waals surface area contributed by atoms with Crippen LogP contribution in [0.4, 0.5) is 0 Å². The molecule has 0 aromatic heterocycles. The summed E-state index contributed by atoms with van der Waals surface area (Å²) in [6.07, 6.45) is 3.87. The Morgan fingerprint density at radius 1 is 1.45 bits per heavy atom. The van der Waals surface area contributed by atoms with E-state index in [0.717, 1.165) is 25.7 Å². The van der Waals surface area contributed by atoms with Crippen molar-refractivity contribution in [3.05, 3.63) is 0 Å². The maximum Gasteiger partial charge on any atom is 0.186 e. The topological polar surface area (TPSA) is 37.3 Å². The number of aliphatic hydroxyl groups excluding tert-OH is 1. The molecule has 1 saturated carbocycles. The molecule has 0 spiro atoms. The molecular formula is C8H14O2S. The summed E-state index contributed by atoms with van der Waals surface area (Å²) in [7, 11) is 0. The Morgan fingerprint density at radius 3 is 2.64 bits per heavy atom. The minimum absolute atomic E-state index is 0.121. The SMILES string of the molecule is CC(=O)SC1CCCCC1O. The Hall–Kier alpha value is -0.0200. The van der Waals surface area contributed by atoms with Gasteiger partial charge in [0, 0.05) is 12.2 Å². The van der Waals surface area contributed by atoms with Crippen LogP contribution in [-0.4, -0.2) is 21.6 Å². The van der Waals surface area contributed by atoms with Gasteiger partial charge in [-0.15, -0.1) is 0 Å². The highest BCUT2D eigenvalue weighted by Crippen LogP contribution is 2.28. The van der Waals surface area contributed by atoms with Gasteiger partial charge >= 0.3 is 0 Å². The van der Waals surface area contributed by atoms with Crippen molar-refractivity contribution in [2.24, 2.45) is 0 Å². The van der Waals surface area contributed by atoms with Crippen molar-refractivity contribution in [2.45, 2.75) is 44.0 Å². The van der Waals surface area contributed by atoms with E-state index in [2.05, 4.69) is 0 Å². The quantitative estimate of drug-likeness (QED) is 0.655.